The molecule has 1 aromatic carbocycles. The number of methoxy groups -OCH3 is 1. The zero-order chi connectivity index (χ0) is 24.4. The smallest absolute Gasteiger partial charge is 0.259 e. The van der Waals surface area contributed by atoms with Crippen LogP contribution >= 0.6 is 11.3 Å². The van der Waals surface area contributed by atoms with Crippen LogP contribution in [0.15, 0.2) is 42.6 Å². The van der Waals surface area contributed by atoms with Gasteiger partial charge in [-0.15, -0.1) is 0 Å². The summed E-state index contributed by atoms with van der Waals surface area (Å²) < 4.78 is 10.9. The number of benzene rings is 1. The van der Waals surface area contributed by atoms with E-state index in [1.54, 1.807) is 25.3 Å². The topological polar surface area (TPSA) is 113 Å². The molecule has 0 atom stereocenters. The molecule has 0 radical (unpaired) electrons. The highest BCUT2D eigenvalue weighted by Gasteiger charge is 2.20. The maximum Gasteiger partial charge on any atom is 0.259 e. The fourth-order valence-electron chi connectivity index (χ4n) is 3.95. The number of rotatable bonds is 5. The van der Waals surface area contributed by atoms with E-state index in [4.69, 9.17) is 14.5 Å². The summed E-state index contributed by atoms with van der Waals surface area (Å²) in [5, 5.41) is 12.7. The van der Waals surface area contributed by atoms with Gasteiger partial charge in [-0.3, -0.25) is 15.1 Å². The Labute approximate surface area is 206 Å². The molecule has 35 heavy (non-hydrogen) atoms. The molecule has 0 spiro atoms. The van der Waals surface area contributed by atoms with Crippen molar-refractivity contribution in [2.75, 3.05) is 43.6 Å². The summed E-state index contributed by atoms with van der Waals surface area (Å²) in [5.41, 5.74) is 3.54. The number of hydrogen-bond acceptors (Lipinski definition) is 9. The number of aromatic nitrogens is 3. The van der Waals surface area contributed by atoms with Gasteiger partial charge < -0.3 is 14.4 Å². The first-order chi connectivity index (χ1) is 17.1. The average Bonchev–Trinajstić information content (AvgIpc) is 3.30. The summed E-state index contributed by atoms with van der Waals surface area (Å²) in [7, 11) is 1.55. The second-order valence-corrected chi connectivity index (χ2v) is 8.94. The number of hydrogen-bond donors (Lipinski definition) is 1. The highest BCUT2D eigenvalue weighted by molar-refractivity contribution is 7.22. The van der Waals surface area contributed by atoms with Gasteiger partial charge in [0.2, 0.25) is 0 Å². The van der Waals surface area contributed by atoms with Crippen LogP contribution < -0.4 is 15.0 Å². The number of nitrogens with one attached hydrogen (secondary N) is 1. The van der Waals surface area contributed by atoms with Crippen molar-refractivity contribution in [1.82, 2.24) is 15.0 Å². The SMILES string of the molecule is COc1ccc(C#N)cc1-c1cc(C)ncc1C(=O)Nc1nc2ccc(N3CCOCC3)nc2s1. The minimum atomic E-state index is -0.357. The first-order valence-electron chi connectivity index (χ1n) is 11.0. The Balaban J connectivity index is 1.46. The number of amides is 1. The molecule has 1 aliphatic heterocycles. The van der Waals surface area contributed by atoms with Gasteiger partial charge in [-0.05, 0) is 43.3 Å². The number of anilines is 2. The monoisotopic (exact) mass is 486 g/mol. The van der Waals surface area contributed by atoms with Crippen molar-refractivity contribution >= 4 is 38.5 Å². The van der Waals surface area contributed by atoms with Crippen LogP contribution in [0.4, 0.5) is 10.9 Å². The van der Waals surface area contributed by atoms with Gasteiger partial charge in [0.25, 0.3) is 5.91 Å². The van der Waals surface area contributed by atoms with Gasteiger partial charge in [0.05, 0.1) is 37.5 Å². The third-order valence-electron chi connectivity index (χ3n) is 5.70. The molecule has 4 aromatic rings. The summed E-state index contributed by atoms with van der Waals surface area (Å²) >= 11 is 1.32. The Morgan fingerprint density at radius 2 is 2.00 bits per heavy atom. The molecule has 1 aliphatic rings. The van der Waals surface area contributed by atoms with Gasteiger partial charge in [0, 0.05) is 36.1 Å². The van der Waals surface area contributed by atoms with Crippen LogP contribution in [0.25, 0.3) is 21.5 Å². The standard InChI is InChI=1S/C25H22N6O3S/c1-15-11-17(18-12-16(13-26)3-5-21(18)33-2)19(14-27-15)23(32)30-25-28-20-4-6-22(29-24(20)35-25)31-7-9-34-10-8-31/h3-6,11-12,14H,7-10H2,1-2H3,(H,28,30,32). The zero-order valence-corrected chi connectivity index (χ0v) is 20.1. The molecule has 1 N–H and O–H groups in total. The van der Waals surface area contributed by atoms with Crippen LogP contribution in [-0.4, -0.2) is 54.3 Å². The molecule has 0 aliphatic carbocycles. The van der Waals surface area contributed by atoms with E-state index in [1.807, 2.05) is 25.1 Å². The molecule has 9 nitrogen and oxygen atoms in total. The molecule has 10 heteroatoms. The lowest BCUT2D eigenvalue weighted by Gasteiger charge is -2.27. The van der Waals surface area contributed by atoms with Crippen molar-refractivity contribution in [1.29, 1.82) is 5.26 Å². The highest BCUT2D eigenvalue weighted by Crippen LogP contribution is 2.34. The second-order valence-electron chi connectivity index (χ2n) is 7.96. The fourth-order valence-corrected chi connectivity index (χ4v) is 4.77. The highest BCUT2D eigenvalue weighted by atomic mass is 32.1. The minimum absolute atomic E-state index is 0.352. The number of carbonyl (C=O) groups excluding carboxylic acids is 1. The van der Waals surface area contributed by atoms with Gasteiger partial charge in [-0.25, -0.2) is 9.97 Å². The third kappa shape index (κ3) is 4.64. The van der Waals surface area contributed by atoms with E-state index < -0.39 is 0 Å². The van der Waals surface area contributed by atoms with Crippen LogP contribution in [-0.2, 0) is 4.74 Å². The molecule has 176 valence electrons. The Morgan fingerprint density at radius 1 is 1.17 bits per heavy atom. The summed E-state index contributed by atoms with van der Waals surface area (Å²) in [6.07, 6.45) is 1.53. The van der Waals surface area contributed by atoms with E-state index in [0.717, 1.165) is 29.4 Å². The number of morpholine rings is 1. The number of fused-ring (bicyclic) bond motifs is 1. The maximum atomic E-state index is 13.3. The van der Waals surface area contributed by atoms with E-state index in [2.05, 4.69) is 26.3 Å². The van der Waals surface area contributed by atoms with Crippen molar-refractivity contribution in [3.63, 3.8) is 0 Å². The summed E-state index contributed by atoms with van der Waals surface area (Å²) in [5.74, 6) is 1.07. The lowest BCUT2D eigenvalue weighted by Crippen LogP contribution is -2.36. The molecule has 1 saturated heterocycles. The molecule has 5 rings (SSSR count). The van der Waals surface area contributed by atoms with Crippen molar-refractivity contribution in [2.45, 2.75) is 6.92 Å². The molecule has 4 heterocycles. The Hall–Kier alpha value is -4.07. The number of nitriles is 1. The molecule has 0 bridgehead atoms. The molecule has 0 unspecified atom stereocenters. The van der Waals surface area contributed by atoms with Gasteiger partial charge >= 0.3 is 0 Å². The number of nitrogens with zero attached hydrogens (tertiary/aromatic N) is 5. The summed E-state index contributed by atoms with van der Waals surface area (Å²) in [6, 6.07) is 12.9. The predicted octanol–water partition coefficient (Wildman–Crippen LogP) is 4.03. The molecule has 3 aromatic heterocycles. The summed E-state index contributed by atoms with van der Waals surface area (Å²) in [6.45, 7) is 4.79. The van der Waals surface area contributed by atoms with Gasteiger partial charge in [-0.2, -0.15) is 5.26 Å². The zero-order valence-electron chi connectivity index (χ0n) is 19.2. The normalized spacial score (nSPS) is 13.5. The fraction of sp³-hybridized carbons (Fsp3) is 0.240. The Kier molecular flexibility index (Phi) is 6.27. The lowest BCUT2D eigenvalue weighted by molar-refractivity contribution is 0.102. The van der Waals surface area contributed by atoms with Crippen LogP contribution in [0.2, 0.25) is 0 Å². The van der Waals surface area contributed by atoms with Gasteiger partial charge in [0.15, 0.2) is 5.13 Å². The van der Waals surface area contributed by atoms with E-state index in [0.29, 0.717) is 51.9 Å². The van der Waals surface area contributed by atoms with Crippen LogP contribution in [0, 0.1) is 18.3 Å². The van der Waals surface area contributed by atoms with Crippen molar-refractivity contribution in [3.8, 4) is 22.9 Å². The van der Waals surface area contributed by atoms with Gasteiger partial charge in [-0.1, -0.05) is 11.3 Å². The lowest BCUT2D eigenvalue weighted by atomic mass is 9.97. The first kappa shape index (κ1) is 22.7. The van der Waals surface area contributed by atoms with Crippen molar-refractivity contribution < 1.29 is 14.3 Å². The summed E-state index contributed by atoms with van der Waals surface area (Å²) in [4.78, 5) is 29.8. The Morgan fingerprint density at radius 3 is 2.77 bits per heavy atom. The molecular weight excluding hydrogens is 464 g/mol. The Bertz CT molecular complexity index is 1460. The number of thiazole rings is 1. The van der Waals surface area contributed by atoms with Crippen molar-refractivity contribution in [3.05, 3.63) is 59.4 Å². The molecular formula is C25H22N6O3S. The number of pyridine rings is 2. The molecule has 1 fully saturated rings. The van der Waals surface area contributed by atoms with E-state index in [9.17, 15) is 10.1 Å². The van der Waals surface area contributed by atoms with Gasteiger partial charge in [0.1, 0.15) is 21.9 Å². The van der Waals surface area contributed by atoms with Crippen LogP contribution in [0.1, 0.15) is 21.6 Å². The maximum absolute atomic E-state index is 13.3. The molecule has 1 amide bonds. The number of carbonyl (C=O) groups is 1. The second kappa shape index (κ2) is 9.66. The molecule has 0 saturated carbocycles. The van der Waals surface area contributed by atoms with E-state index >= 15 is 0 Å². The first-order valence-corrected chi connectivity index (χ1v) is 11.8. The van der Waals surface area contributed by atoms with E-state index in [1.165, 1.54) is 17.5 Å². The number of aryl methyl sites for hydroxylation is 1. The van der Waals surface area contributed by atoms with Crippen LogP contribution in [0.5, 0.6) is 5.75 Å². The minimum Gasteiger partial charge on any atom is -0.496 e. The van der Waals surface area contributed by atoms with Crippen molar-refractivity contribution in [2.24, 2.45) is 0 Å². The predicted molar refractivity (Wildman–Crippen MR) is 134 cm³/mol. The van der Waals surface area contributed by atoms with E-state index in [-0.39, 0.29) is 5.91 Å². The quantitative estimate of drug-likeness (QED) is 0.450. The largest absolute Gasteiger partial charge is 0.496 e. The number of ether oxygens (including phenoxy) is 2. The van der Waals surface area contributed by atoms with Crippen LogP contribution in [0.3, 0.4) is 0 Å². The average molecular weight is 487 g/mol. The third-order valence-corrected chi connectivity index (χ3v) is 6.58.